The first-order chi connectivity index (χ1) is 12.4. The molecule has 0 aliphatic carbocycles. The Hall–Kier alpha value is -2.45. The monoisotopic (exact) mass is 389 g/mol. The average molecular weight is 390 g/mol. The Kier molecular flexibility index (Phi) is 5.24. The Labute approximate surface area is 155 Å². The Morgan fingerprint density at radius 2 is 1.96 bits per heavy atom. The van der Waals surface area contributed by atoms with E-state index in [1.54, 1.807) is 25.1 Å². The molecule has 0 fully saturated rings. The Morgan fingerprint density at radius 3 is 2.69 bits per heavy atom. The normalized spacial score (nSPS) is 12.5. The molecular weight excluding hydrogens is 370 g/mol. The van der Waals surface area contributed by atoms with Gasteiger partial charge >= 0.3 is 0 Å². The number of para-hydroxylation sites is 1. The molecule has 136 valence electrons. The van der Waals surface area contributed by atoms with Crippen molar-refractivity contribution < 1.29 is 13.2 Å². The van der Waals surface area contributed by atoms with E-state index in [-0.39, 0.29) is 5.75 Å². The van der Waals surface area contributed by atoms with Gasteiger partial charge in [0.05, 0.1) is 16.0 Å². The van der Waals surface area contributed by atoms with Crippen LogP contribution in [-0.4, -0.2) is 24.6 Å². The summed E-state index contributed by atoms with van der Waals surface area (Å²) in [6.07, 6.45) is 0.520. The Morgan fingerprint density at radius 1 is 1.19 bits per heavy atom. The second-order valence-corrected chi connectivity index (χ2v) is 8.68. The fraction of sp³-hybridized carbons (Fsp3) is 0.222. The molecule has 2 aromatic carbocycles. The Balaban J connectivity index is 1.93. The molecule has 0 unspecified atom stereocenters. The minimum Gasteiger partial charge on any atom is -0.319 e. The van der Waals surface area contributed by atoms with Crippen LogP contribution in [0.2, 0.25) is 0 Å². The van der Waals surface area contributed by atoms with Gasteiger partial charge < -0.3 is 4.57 Å². The number of nitrogens with zero attached hydrogens (tertiary/aromatic N) is 2. The Bertz CT molecular complexity index is 1130. The number of hydrogen-bond donors (Lipinski definition) is 1. The molecule has 26 heavy (non-hydrogen) atoms. The van der Waals surface area contributed by atoms with Crippen LogP contribution in [0.3, 0.4) is 0 Å². The quantitative estimate of drug-likeness (QED) is 0.728. The lowest BCUT2D eigenvalue weighted by Crippen LogP contribution is -2.16. The summed E-state index contributed by atoms with van der Waals surface area (Å²) in [5, 5.41) is 0. The zero-order valence-electron chi connectivity index (χ0n) is 14.5. The zero-order valence-corrected chi connectivity index (χ0v) is 16.1. The molecule has 0 radical (unpaired) electrons. The summed E-state index contributed by atoms with van der Waals surface area (Å²) in [4.78, 5) is 17.3. The largest absolute Gasteiger partial charge is 0.319 e. The molecule has 1 aromatic heterocycles. The standard InChI is InChI=1S/C18H19N3O3S2/c1-3-11-26(23,24)20-14-8-6-7-13(12-14)17(22)19-18-21(2)15-9-4-5-10-16(15)25-18/h4-10,12,20H,3,11H2,1-2H3. The third-order valence-electron chi connectivity index (χ3n) is 3.77. The van der Waals surface area contributed by atoms with E-state index in [1.165, 1.54) is 17.4 Å². The molecule has 0 saturated carbocycles. The van der Waals surface area contributed by atoms with Gasteiger partial charge in [0.2, 0.25) is 10.0 Å². The topological polar surface area (TPSA) is 80.5 Å². The molecule has 0 bridgehead atoms. The van der Waals surface area contributed by atoms with Gasteiger partial charge in [-0.05, 0) is 36.8 Å². The molecule has 3 aromatic rings. The number of carbonyl (C=O) groups excluding carboxylic acids is 1. The minimum absolute atomic E-state index is 0.0349. The number of anilines is 1. The van der Waals surface area contributed by atoms with Crippen molar-refractivity contribution in [3.63, 3.8) is 0 Å². The van der Waals surface area contributed by atoms with Crippen LogP contribution in [0.1, 0.15) is 23.7 Å². The molecule has 1 heterocycles. The highest BCUT2D eigenvalue weighted by Crippen LogP contribution is 2.16. The van der Waals surface area contributed by atoms with Crippen molar-refractivity contribution in [3.05, 3.63) is 58.9 Å². The van der Waals surface area contributed by atoms with Crippen LogP contribution in [0.25, 0.3) is 10.2 Å². The van der Waals surface area contributed by atoms with Crippen LogP contribution >= 0.6 is 11.3 Å². The lowest BCUT2D eigenvalue weighted by molar-refractivity contribution is 0.0998. The van der Waals surface area contributed by atoms with Crippen LogP contribution in [0.4, 0.5) is 5.69 Å². The number of benzene rings is 2. The summed E-state index contributed by atoms with van der Waals surface area (Å²) >= 11 is 1.43. The van der Waals surface area contributed by atoms with Crippen LogP contribution < -0.4 is 9.52 Å². The third-order valence-corrected chi connectivity index (χ3v) is 6.37. The van der Waals surface area contributed by atoms with Gasteiger partial charge in [0, 0.05) is 18.3 Å². The summed E-state index contributed by atoms with van der Waals surface area (Å²) < 4.78 is 29.2. The van der Waals surface area contributed by atoms with E-state index < -0.39 is 15.9 Å². The van der Waals surface area contributed by atoms with E-state index in [2.05, 4.69) is 9.71 Å². The van der Waals surface area contributed by atoms with Crippen LogP contribution in [0, 0.1) is 0 Å². The van der Waals surface area contributed by atoms with Gasteiger partial charge in [-0.2, -0.15) is 4.99 Å². The van der Waals surface area contributed by atoms with Gasteiger partial charge in [-0.1, -0.05) is 36.5 Å². The molecule has 1 amide bonds. The minimum atomic E-state index is -3.40. The summed E-state index contributed by atoms with van der Waals surface area (Å²) in [6, 6.07) is 14.2. The first-order valence-electron chi connectivity index (χ1n) is 8.14. The first kappa shape index (κ1) is 18.3. The number of hydrogen-bond acceptors (Lipinski definition) is 4. The second kappa shape index (κ2) is 7.43. The zero-order chi connectivity index (χ0) is 18.7. The fourth-order valence-corrected chi connectivity index (χ4v) is 4.70. The summed E-state index contributed by atoms with van der Waals surface area (Å²) in [6.45, 7) is 1.79. The van der Waals surface area contributed by atoms with Crippen molar-refractivity contribution >= 4 is 43.2 Å². The van der Waals surface area contributed by atoms with E-state index in [0.717, 1.165) is 10.2 Å². The van der Waals surface area contributed by atoms with Crippen molar-refractivity contribution in [1.82, 2.24) is 4.57 Å². The van der Waals surface area contributed by atoms with E-state index in [4.69, 9.17) is 0 Å². The number of aromatic nitrogens is 1. The average Bonchev–Trinajstić information content (AvgIpc) is 2.91. The highest BCUT2D eigenvalue weighted by atomic mass is 32.2. The maximum atomic E-state index is 12.5. The summed E-state index contributed by atoms with van der Waals surface area (Å²) in [5.41, 5.74) is 1.70. The molecule has 0 atom stereocenters. The maximum absolute atomic E-state index is 12.5. The number of carbonyl (C=O) groups is 1. The van der Waals surface area contributed by atoms with Crippen LogP contribution in [-0.2, 0) is 17.1 Å². The SMILES string of the molecule is CCCS(=O)(=O)Nc1cccc(C(=O)N=c2sc3ccccc3n2C)c1. The highest BCUT2D eigenvalue weighted by molar-refractivity contribution is 7.92. The lowest BCUT2D eigenvalue weighted by atomic mass is 10.2. The lowest BCUT2D eigenvalue weighted by Gasteiger charge is -2.07. The summed E-state index contributed by atoms with van der Waals surface area (Å²) in [7, 11) is -1.54. The molecule has 8 heteroatoms. The van der Waals surface area contributed by atoms with Gasteiger partial charge in [-0.15, -0.1) is 0 Å². The van der Waals surface area contributed by atoms with Crippen molar-refractivity contribution in [3.8, 4) is 0 Å². The smallest absolute Gasteiger partial charge is 0.279 e. The van der Waals surface area contributed by atoms with Crippen molar-refractivity contribution in [1.29, 1.82) is 0 Å². The number of nitrogens with one attached hydrogen (secondary N) is 1. The van der Waals surface area contributed by atoms with Gasteiger partial charge in [0.1, 0.15) is 0 Å². The van der Waals surface area contributed by atoms with E-state index in [0.29, 0.717) is 22.5 Å². The third kappa shape index (κ3) is 4.03. The molecule has 1 N–H and O–H groups in total. The van der Waals surface area contributed by atoms with Gasteiger partial charge in [0.25, 0.3) is 5.91 Å². The number of rotatable bonds is 5. The maximum Gasteiger partial charge on any atom is 0.279 e. The number of fused-ring (bicyclic) bond motifs is 1. The molecule has 6 nitrogen and oxygen atoms in total. The van der Waals surface area contributed by atoms with E-state index in [1.807, 2.05) is 35.9 Å². The van der Waals surface area contributed by atoms with Crippen molar-refractivity contribution in [2.24, 2.45) is 12.0 Å². The molecule has 0 aliphatic rings. The van der Waals surface area contributed by atoms with E-state index in [9.17, 15) is 13.2 Å². The van der Waals surface area contributed by atoms with Crippen molar-refractivity contribution in [2.45, 2.75) is 13.3 Å². The van der Waals surface area contributed by atoms with Crippen LogP contribution in [0.5, 0.6) is 0 Å². The predicted octanol–water partition coefficient (Wildman–Crippen LogP) is 3.13. The number of sulfonamides is 1. The van der Waals surface area contributed by atoms with Crippen LogP contribution in [0.15, 0.2) is 53.5 Å². The second-order valence-electron chi connectivity index (χ2n) is 5.83. The molecule has 0 aliphatic heterocycles. The summed E-state index contributed by atoms with van der Waals surface area (Å²) in [5.74, 6) is -0.378. The predicted molar refractivity (Wildman–Crippen MR) is 105 cm³/mol. The van der Waals surface area contributed by atoms with Gasteiger partial charge in [-0.3, -0.25) is 9.52 Å². The molecule has 0 saturated heterocycles. The molecule has 0 spiro atoms. The number of aryl methyl sites for hydroxylation is 1. The molecular formula is C18H19N3O3S2. The van der Waals surface area contributed by atoms with E-state index >= 15 is 0 Å². The fourth-order valence-electron chi connectivity index (χ4n) is 2.55. The van der Waals surface area contributed by atoms with Gasteiger partial charge in [-0.25, -0.2) is 8.42 Å². The molecule has 3 rings (SSSR count). The number of thiazole rings is 1. The van der Waals surface area contributed by atoms with Gasteiger partial charge in [0.15, 0.2) is 4.80 Å². The first-order valence-corrected chi connectivity index (χ1v) is 10.6. The van der Waals surface area contributed by atoms with Crippen molar-refractivity contribution in [2.75, 3.05) is 10.5 Å². The number of amides is 1. The highest BCUT2D eigenvalue weighted by Gasteiger charge is 2.11.